The second-order valence-corrected chi connectivity index (χ2v) is 9.51. The summed E-state index contributed by atoms with van der Waals surface area (Å²) in [5.41, 5.74) is 3.61. The first kappa shape index (κ1) is 20.2. The van der Waals surface area contributed by atoms with Gasteiger partial charge >= 0.3 is 0 Å². The maximum atomic E-state index is 12.9. The van der Waals surface area contributed by atoms with Gasteiger partial charge in [-0.25, -0.2) is 0 Å². The van der Waals surface area contributed by atoms with Crippen molar-refractivity contribution in [2.24, 2.45) is 0 Å². The summed E-state index contributed by atoms with van der Waals surface area (Å²) in [5, 5.41) is 10.9. The first-order chi connectivity index (χ1) is 16.2. The Hall–Kier alpha value is -3.39. The summed E-state index contributed by atoms with van der Waals surface area (Å²) in [6.45, 7) is 0.748. The summed E-state index contributed by atoms with van der Waals surface area (Å²) in [6, 6.07) is 15.9. The Morgan fingerprint density at radius 2 is 1.91 bits per heavy atom. The number of hydrogen-bond acceptors (Lipinski definition) is 5. The molecule has 0 bridgehead atoms. The van der Waals surface area contributed by atoms with Gasteiger partial charge in [0, 0.05) is 52.9 Å². The number of para-hydroxylation sites is 1. The van der Waals surface area contributed by atoms with E-state index in [1.165, 1.54) is 11.8 Å². The van der Waals surface area contributed by atoms with Gasteiger partial charge in [0.05, 0.1) is 5.75 Å². The number of Topliss-reactive ketones (excluding diaryl/α,β-unsaturated/α-hetero) is 1. The van der Waals surface area contributed by atoms with Gasteiger partial charge in [0.1, 0.15) is 0 Å². The van der Waals surface area contributed by atoms with E-state index in [-0.39, 0.29) is 11.7 Å². The van der Waals surface area contributed by atoms with Crippen molar-refractivity contribution in [3.8, 4) is 11.4 Å². The number of benzene rings is 2. The monoisotopic (exact) mass is 457 g/mol. The number of nitrogens with one attached hydrogen (secondary N) is 1. The van der Waals surface area contributed by atoms with E-state index in [4.69, 9.17) is 0 Å². The highest BCUT2D eigenvalue weighted by molar-refractivity contribution is 7.99. The lowest BCUT2D eigenvalue weighted by Gasteiger charge is -2.15. The molecule has 1 aliphatic heterocycles. The molecule has 1 saturated carbocycles. The van der Waals surface area contributed by atoms with Crippen LogP contribution in [0.5, 0.6) is 0 Å². The molecule has 2 aromatic carbocycles. The van der Waals surface area contributed by atoms with Crippen molar-refractivity contribution in [3.05, 3.63) is 60.3 Å². The lowest BCUT2D eigenvalue weighted by Crippen LogP contribution is -2.23. The SMILES string of the molecule is O=C(CSc1nnc(-c2c[nH]c3ccccc23)n1C1CC1)c1ccc(N2CCCC2=O)cc1. The number of fused-ring (bicyclic) bond motifs is 1. The average molecular weight is 458 g/mol. The molecular weight excluding hydrogens is 434 g/mol. The first-order valence-corrected chi connectivity index (χ1v) is 12.3. The van der Waals surface area contributed by atoms with Crippen LogP contribution >= 0.6 is 11.8 Å². The van der Waals surface area contributed by atoms with Gasteiger partial charge in [-0.1, -0.05) is 30.0 Å². The molecule has 7 nitrogen and oxygen atoms in total. The zero-order valence-corrected chi connectivity index (χ0v) is 18.8. The number of nitrogens with zero attached hydrogens (tertiary/aromatic N) is 4. The molecule has 1 amide bonds. The third-order valence-corrected chi connectivity index (χ3v) is 7.26. The predicted molar refractivity (Wildman–Crippen MR) is 129 cm³/mol. The number of thioether (sulfide) groups is 1. The molecule has 0 radical (unpaired) electrons. The van der Waals surface area contributed by atoms with Crippen LogP contribution < -0.4 is 4.90 Å². The summed E-state index contributed by atoms with van der Waals surface area (Å²) in [6.07, 6.45) is 5.68. The van der Waals surface area contributed by atoms with Gasteiger partial charge in [0.15, 0.2) is 16.8 Å². The summed E-state index contributed by atoms with van der Waals surface area (Å²) in [4.78, 5) is 29.9. The van der Waals surface area contributed by atoms with Crippen LogP contribution in [-0.2, 0) is 4.79 Å². The molecule has 166 valence electrons. The van der Waals surface area contributed by atoms with Crippen molar-refractivity contribution in [1.29, 1.82) is 0 Å². The third kappa shape index (κ3) is 3.74. The standard InChI is InChI=1S/C25H23N5O2S/c31-22(16-7-9-17(10-8-16)29-13-3-6-23(29)32)15-33-25-28-27-24(30(25)18-11-12-18)20-14-26-21-5-2-1-4-19(20)21/h1-2,4-5,7-10,14,18,26H,3,6,11-13,15H2. The Morgan fingerprint density at radius 3 is 2.67 bits per heavy atom. The topological polar surface area (TPSA) is 83.9 Å². The Labute approximate surface area is 195 Å². The second kappa shape index (κ2) is 8.19. The van der Waals surface area contributed by atoms with Crippen LogP contribution in [0.15, 0.2) is 59.9 Å². The van der Waals surface area contributed by atoms with Crippen LogP contribution in [0.3, 0.4) is 0 Å². The lowest BCUT2D eigenvalue weighted by molar-refractivity contribution is -0.117. The zero-order chi connectivity index (χ0) is 22.4. The second-order valence-electron chi connectivity index (χ2n) is 8.56. The molecule has 1 aliphatic carbocycles. The van der Waals surface area contributed by atoms with E-state index in [9.17, 15) is 9.59 Å². The van der Waals surface area contributed by atoms with Crippen LogP contribution in [0.25, 0.3) is 22.3 Å². The van der Waals surface area contributed by atoms with Gasteiger partial charge in [-0.05, 0) is 49.6 Å². The fourth-order valence-corrected chi connectivity index (χ4v) is 5.34. The quantitative estimate of drug-likeness (QED) is 0.316. The first-order valence-electron chi connectivity index (χ1n) is 11.3. The summed E-state index contributed by atoms with van der Waals surface area (Å²) in [7, 11) is 0. The van der Waals surface area contributed by atoms with Crippen LogP contribution in [0.2, 0.25) is 0 Å². The van der Waals surface area contributed by atoms with Gasteiger partial charge in [-0.15, -0.1) is 10.2 Å². The van der Waals surface area contributed by atoms with Crippen molar-refractivity contribution in [1.82, 2.24) is 19.7 Å². The van der Waals surface area contributed by atoms with Crippen LogP contribution in [0.4, 0.5) is 5.69 Å². The van der Waals surface area contributed by atoms with Crippen LogP contribution in [0, 0.1) is 0 Å². The maximum absolute atomic E-state index is 12.9. The molecule has 1 saturated heterocycles. The number of H-pyrrole nitrogens is 1. The van der Waals surface area contributed by atoms with E-state index in [1.54, 1.807) is 4.90 Å². The molecule has 2 aliphatic rings. The minimum Gasteiger partial charge on any atom is -0.360 e. The Morgan fingerprint density at radius 1 is 1.09 bits per heavy atom. The molecule has 8 heteroatoms. The minimum absolute atomic E-state index is 0.0401. The lowest BCUT2D eigenvalue weighted by atomic mass is 10.1. The van der Waals surface area contributed by atoms with Gasteiger partial charge < -0.3 is 9.88 Å². The van der Waals surface area contributed by atoms with Crippen LogP contribution in [0.1, 0.15) is 42.1 Å². The molecule has 6 rings (SSSR count). The van der Waals surface area contributed by atoms with Gasteiger partial charge in [0.25, 0.3) is 0 Å². The maximum Gasteiger partial charge on any atom is 0.227 e. The third-order valence-electron chi connectivity index (χ3n) is 6.31. The van der Waals surface area contributed by atoms with E-state index in [2.05, 4.69) is 31.9 Å². The molecule has 2 fully saturated rings. The fourth-order valence-electron chi connectivity index (χ4n) is 4.44. The molecule has 4 aromatic rings. The molecule has 0 spiro atoms. The Bertz CT molecular complexity index is 1350. The fraction of sp³-hybridized carbons (Fsp3) is 0.280. The molecule has 3 heterocycles. The van der Waals surface area contributed by atoms with E-state index in [0.29, 0.717) is 23.8 Å². The Kier molecular flexibility index (Phi) is 5.02. The largest absolute Gasteiger partial charge is 0.360 e. The number of rotatable bonds is 7. The Balaban J connectivity index is 1.20. The number of ketones is 1. The molecular formula is C25H23N5O2S. The van der Waals surface area contributed by atoms with E-state index in [0.717, 1.165) is 58.9 Å². The van der Waals surface area contributed by atoms with Gasteiger partial charge in [0.2, 0.25) is 5.91 Å². The summed E-state index contributed by atoms with van der Waals surface area (Å²) in [5.74, 6) is 1.33. The smallest absolute Gasteiger partial charge is 0.227 e. The summed E-state index contributed by atoms with van der Waals surface area (Å²) >= 11 is 1.44. The predicted octanol–water partition coefficient (Wildman–Crippen LogP) is 4.86. The van der Waals surface area contributed by atoms with Crippen molar-refractivity contribution in [3.63, 3.8) is 0 Å². The van der Waals surface area contributed by atoms with Crippen LogP contribution in [-0.4, -0.2) is 43.7 Å². The summed E-state index contributed by atoms with van der Waals surface area (Å²) < 4.78 is 2.19. The van der Waals surface area contributed by atoms with E-state index < -0.39 is 0 Å². The van der Waals surface area contributed by atoms with Gasteiger partial charge in [-0.3, -0.25) is 14.2 Å². The molecule has 1 N–H and O–H groups in total. The number of carbonyl (C=O) groups is 2. The van der Waals surface area contributed by atoms with Crippen molar-refractivity contribution >= 4 is 40.0 Å². The highest BCUT2D eigenvalue weighted by Crippen LogP contribution is 2.42. The number of aromatic nitrogens is 4. The molecule has 0 unspecified atom stereocenters. The highest BCUT2D eigenvalue weighted by Gasteiger charge is 2.31. The highest BCUT2D eigenvalue weighted by atomic mass is 32.2. The number of amides is 1. The van der Waals surface area contributed by atoms with Crippen molar-refractivity contribution in [2.75, 3.05) is 17.2 Å². The number of anilines is 1. The normalized spacial score (nSPS) is 16.1. The van der Waals surface area contributed by atoms with E-state index in [1.807, 2.05) is 42.6 Å². The van der Waals surface area contributed by atoms with Crippen molar-refractivity contribution < 1.29 is 9.59 Å². The molecule has 33 heavy (non-hydrogen) atoms. The van der Waals surface area contributed by atoms with Gasteiger partial charge in [-0.2, -0.15) is 0 Å². The average Bonchev–Trinajstić information content (AvgIpc) is 3.24. The number of aromatic amines is 1. The minimum atomic E-state index is 0.0401. The molecule has 0 atom stereocenters. The molecule has 2 aromatic heterocycles. The van der Waals surface area contributed by atoms with E-state index >= 15 is 0 Å². The van der Waals surface area contributed by atoms with Crippen molar-refractivity contribution in [2.45, 2.75) is 36.9 Å². The number of hydrogen-bond donors (Lipinski definition) is 1. The number of carbonyl (C=O) groups excluding carboxylic acids is 2. The zero-order valence-electron chi connectivity index (χ0n) is 18.0.